The molecule has 1 aliphatic heterocycles. The van der Waals surface area contributed by atoms with E-state index in [-0.39, 0.29) is 0 Å². The van der Waals surface area contributed by atoms with Crippen LogP contribution in [0.15, 0.2) is 18.2 Å². The number of benzene rings is 1. The Labute approximate surface area is 88.4 Å². The van der Waals surface area contributed by atoms with Crippen molar-refractivity contribution in [3.8, 4) is 5.75 Å². The first-order valence-electron chi connectivity index (χ1n) is 5.03. The first kappa shape index (κ1) is 9.98. The average Bonchev–Trinajstić information content (AvgIpc) is 2.18. The van der Waals surface area contributed by atoms with Crippen molar-refractivity contribution in [3.63, 3.8) is 0 Å². The molecule has 1 aromatic rings. The molecule has 0 spiro atoms. The summed E-state index contributed by atoms with van der Waals surface area (Å²) in [4.78, 5) is 11.0. The van der Waals surface area contributed by atoms with Crippen molar-refractivity contribution >= 4 is 5.91 Å². The monoisotopic (exact) mass is 206 g/mol. The number of nitrogens with one attached hydrogen (secondary N) is 1. The Balaban J connectivity index is 2.31. The molecule has 0 atom stereocenters. The predicted molar refractivity (Wildman–Crippen MR) is 56.8 cm³/mol. The van der Waals surface area contributed by atoms with Gasteiger partial charge in [0.25, 0.3) is 0 Å². The Bertz CT molecular complexity index is 377. The van der Waals surface area contributed by atoms with Gasteiger partial charge in [0.05, 0.1) is 6.61 Å². The van der Waals surface area contributed by atoms with E-state index >= 15 is 0 Å². The van der Waals surface area contributed by atoms with E-state index in [0.29, 0.717) is 12.2 Å². The summed E-state index contributed by atoms with van der Waals surface area (Å²) in [6, 6.07) is 5.33. The van der Waals surface area contributed by atoms with Gasteiger partial charge >= 0.3 is 0 Å². The maximum atomic E-state index is 11.0. The Morgan fingerprint density at radius 2 is 2.33 bits per heavy atom. The van der Waals surface area contributed by atoms with E-state index in [1.165, 1.54) is 0 Å². The Morgan fingerprint density at radius 3 is 3.13 bits per heavy atom. The van der Waals surface area contributed by atoms with Crippen LogP contribution in [0.4, 0.5) is 0 Å². The number of fused-ring (bicyclic) bond motifs is 1. The van der Waals surface area contributed by atoms with Crippen LogP contribution in [0.5, 0.6) is 5.75 Å². The summed E-state index contributed by atoms with van der Waals surface area (Å²) in [6.07, 6.45) is 0.972. The SMILES string of the molecule is NC(=O)c1ccc2c(c1)OCCCNC2. The van der Waals surface area contributed by atoms with Crippen molar-refractivity contribution in [2.24, 2.45) is 5.73 Å². The highest BCUT2D eigenvalue weighted by molar-refractivity contribution is 5.93. The maximum Gasteiger partial charge on any atom is 0.248 e. The summed E-state index contributed by atoms with van der Waals surface area (Å²) in [5, 5.41) is 3.30. The average molecular weight is 206 g/mol. The van der Waals surface area contributed by atoms with Gasteiger partial charge in [0, 0.05) is 17.7 Å². The molecule has 3 N–H and O–H groups in total. The van der Waals surface area contributed by atoms with Crippen LogP contribution in [0, 0.1) is 0 Å². The predicted octanol–water partition coefficient (Wildman–Crippen LogP) is 0.658. The molecule has 0 unspecified atom stereocenters. The fourth-order valence-electron chi connectivity index (χ4n) is 1.59. The quantitative estimate of drug-likeness (QED) is 0.709. The molecule has 1 aromatic carbocycles. The lowest BCUT2D eigenvalue weighted by atomic mass is 10.1. The lowest BCUT2D eigenvalue weighted by molar-refractivity contribution is 0.1000. The van der Waals surface area contributed by atoms with E-state index in [1.807, 2.05) is 6.07 Å². The van der Waals surface area contributed by atoms with Crippen LogP contribution in [-0.4, -0.2) is 19.1 Å². The van der Waals surface area contributed by atoms with E-state index in [1.54, 1.807) is 12.1 Å². The van der Waals surface area contributed by atoms with Crippen LogP contribution in [0.1, 0.15) is 22.3 Å². The highest BCUT2D eigenvalue weighted by Crippen LogP contribution is 2.21. The van der Waals surface area contributed by atoms with Crippen LogP contribution in [0.25, 0.3) is 0 Å². The summed E-state index contributed by atoms with van der Waals surface area (Å²) in [6.45, 7) is 2.40. The molecule has 0 radical (unpaired) electrons. The molecule has 0 aliphatic carbocycles. The number of hydrogen-bond donors (Lipinski definition) is 2. The van der Waals surface area contributed by atoms with Crippen LogP contribution >= 0.6 is 0 Å². The second-order valence-corrected chi connectivity index (χ2v) is 3.57. The fraction of sp³-hybridized carbons (Fsp3) is 0.364. The van der Waals surface area contributed by atoms with Crippen LogP contribution in [-0.2, 0) is 6.54 Å². The molecule has 1 heterocycles. The van der Waals surface area contributed by atoms with Crippen molar-refractivity contribution in [3.05, 3.63) is 29.3 Å². The van der Waals surface area contributed by atoms with Gasteiger partial charge in [-0.15, -0.1) is 0 Å². The zero-order chi connectivity index (χ0) is 10.7. The third-order valence-corrected chi connectivity index (χ3v) is 2.42. The number of ether oxygens (including phenoxy) is 1. The first-order chi connectivity index (χ1) is 7.27. The van der Waals surface area contributed by atoms with E-state index in [4.69, 9.17) is 10.5 Å². The minimum atomic E-state index is -0.420. The second-order valence-electron chi connectivity index (χ2n) is 3.57. The number of carbonyl (C=O) groups excluding carboxylic acids is 1. The molecule has 0 saturated carbocycles. The van der Waals surface area contributed by atoms with Crippen molar-refractivity contribution in [1.29, 1.82) is 0 Å². The molecule has 0 saturated heterocycles. The van der Waals surface area contributed by atoms with Gasteiger partial charge in [0.15, 0.2) is 0 Å². The highest BCUT2D eigenvalue weighted by atomic mass is 16.5. The van der Waals surface area contributed by atoms with Gasteiger partial charge in [-0.3, -0.25) is 4.79 Å². The van der Waals surface area contributed by atoms with Crippen molar-refractivity contribution < 1.29 is 9.53 Å². The molecular formula is C11H14N2O2. The normalized spacial score (nSPS) is 15.7. The minimum Gasteiger partial charge on any atom is -0.493 e. The fourth-order valence-corrected chi connectivity index (χ4v) is 1.59. The number of amides is 1. The van der Waals surface area contributed by atoms with E-state index < -0.39 is 5.91 Å². The molecule has 1 amide bonds. The van der Waals surface area contributed by atoms with Crippen molar-refractivity contribution in [2.75, 3.05) is 13.2 Å². The number of hydrogen-bond acceptors (Lipinski definition) is 3. The van der Waals surface area contributed by atoms with Crippen LogP contribution in [0.3, 0.4) is 0 Å². The van der Waals surface area contributed by atoms with Gasteiger partial charge in [-0.05, 0) is 25.1 Å². The molecular weight excluding hydrogens is 192 g/mol. The Kier molecular flexibility index (Phi) is 2.87. The lowest BCUT2D eigenvalue weighted by Crippen LogP contribution is -2.21. The Hall–Kier alpha value is -1.55. The van der Waals surface area contributed by atoms with E-state index in [9.17, 15) is 4.79 Å². The van der Waals surface area contributed by atoms with Gasteiger partial charge in [0.1, 0.15) is 5.75 Å². The van der Waals surface area contributed by atoms with Gasteiger partial charge in [0.2, 0.25) is 5.91 Å². The Morgan fingerprint density at radius 1 is 1.47 bits per heavy atom. The maximum absolute atomic E-state index is 11.0. The van der Waals surface area contributed by atoms with E-state index in [2.05, 4.69) is 5.32 Å². The summed E-state index contributed by atoms with van der Waals surface area (Å²) in [5.41, 5.74) is 6.77. The van der Waals surface area contributed by atoms with Crippen LogP contribution in [0.2, 0.25) is 0 Å². The molecule has 4 nitrogen and oxygen atoms in total. The highest BCUT2D eigenvalue weighted by Gasteiger charge is 2.10. The minimum absolute atomic E-state index is 0.420. The van der Waals surface area contributed by atoms with Gasteiger partial charge in [-0.2, -0.15) is 0 Å². The molecule has 0 bridgehead atoms. The summed E-state index contributed by atoms with van der Waals surface area (Å²) >= 11 is 0. The number of primary amides is 1. The number of nitrogens with two attached hydrogens (primary N) is 1. The van der Waals surface area contributed by atoms with Gasteiger partial charge in [-0.25, -0.2) is 0 Å². The molecule has 4 heteroatoms. The van der Waals surface area contributed by atoms with Crippen molar-refractivity contribution in [1.82, 2.24) is 5.32 Å². The molecule has 0 fully saturated rings. The summed E-state index contributed by atoms with van der Waals surface area (Å²) in [7, 11) is 0. The summed E-state index contributed by atoms with van der Waals surface area (Å²) in [5.74, 6) is 0.343. The third kappa shape index (κ3) is 2.27. The molecule has 0 aromatic heterocycles. The van der Waals surface area contributed by atoms with Crippen molar-refractivity contribution in [2.45, 2.75) is 13.0 Å². The first-order valence-corrected chi connectivity index (χ1v) is 5.03. The standard InChI is InChI=1S/C11H14N2O2/c12-11(14)8-2-3-9-7-13-4-1-5-15-10(9)6-8/h2-3,6,13H,1,4-5,7H2,(H2,12,14). The topological polar surface area (TPSA) is 64.4 Å². The third-order valence-electron chi connectivity index (χ3n) is 2.42. The molecule has 15 heavy (non-hydrogen) atoms. The van der Waals surface area contributed by atoms with Crippen LogP contribution < -0.4 is 15.8 Å². The van der Waals surface area contributed by atoms with Gasteiger partial charge in [-0.1, -0.05) is 6.07 Å². The number of rotatable bonds is 1. The molecule has 80 valence electrons. The zero-order valence-electron chi connectivity index (χ0n) is 8.45. The van der Waals surface area contributed by atoms with E-state index in [0.717, 1.165) is 30.8 Å². The molecule has 1 aliphatic rings. The zero-order valence-corrected chi connectivity index (χ0v) is 8.45. The lowest BCUT2D eigenvalue weighted by Gasteiger charge is -2.16. The molecule has 2 rings (SSSR count). The second kappa shape index (κ2) is 4.31. The summed E-state index contributed by atoms with van der Waals surface area (Å²) < 4.78 is 5.57. The smallest absolute Gasteiger partial charge is 0.248 e. The number of carbonyl (C=O) groups is 1. The largest absolute Gasteiger partial charge is 0.493 e. The van der Waals surface area contributed by atoms with Gasteiger partial charge < -0.3 is 15.8 Å².